The first-order valence-electron chi connectivity index (χ1n) is 6.74. The second kappa shape index (κ2) is 7.40. The highest BCUT2D eigenvalue weighted by atomic mass is 16.5. The summed E-state index contributed by atoms with van der Waals surface area (Å²) in [6.07, 6.45) is 1.71. The lowest BCUT2D eigenvalue weighted by atomic mass is 10.2. The Labute approximate surface area is 124 Å². The molecule has 0 spiro atoms. The van der Waals surface area contributed by atoms with Crippen LogP contribution >= 0.6 is 0 Å². The molecule has 5 nitrogen and oxygen atoms in total. The largest absolute Gasteiger partial charge is 0.484 e. The zero-order valence-corrected chi connectivity index (χ0v) is 12.0. The number of carbonyl (C=O) groups is 1. The van der Waals surface area contributed by atoms with Crippen molar-refractivity contribution in [2.24, 2.45) is 5.73 Å². The van der Waals surface area contributed by atoms with Gasteiger partial charge in [0.05, 0.1) is 12.2 Å². The second-order valence-corrected chi connectivity index (χ2v) is 4.71. The van der Waals surface area contributed by atoms with Gasteiger partial charge in [-0.1, -0.05) is 18.2 Å². The Morgan fingerprint density at radius 2 is 2.00 bits per heavy atom. The van der Waals surface area contributed by atoms with Crippen LogP contribution in [0.3, 0.4) is 0 Å². The lowest BCUT2D eigenvalue weighted by Gasteiger charge is -2.17. The van der Waals surface area contributed by atoms with Gasteiger partial charge in [0.2, 0.25) is 0 Å². The van der Waals surface area contributed by atoms with Gasteiger partial charge in [-0.25, -0.2) is 0 Å². The van der Waals surface area contributed by atoms with Gasteiger partial charge in [-0.05, 0) is 29.8 Å². The van der Waals surface area contributed by atoms with Crippen molar-refractivity contribution in [2.45, 2.75) is 13.1 Å². The van der Waals surface area contributed by atoms with E-state index in [1.54, 1.807) is 18.1 Å². The van der Waals surface area contributed by atoms with E-state index in [9.17, 15) is 4.79 Å². The maximum absolute atomic E-state index is 12.0. The molecule has 0 saturated carbocycles. The van der Waals surface area contributed by atoms with E-state index in [0.717, 1.165) is 11.3 Å². The highest BCUT2D eigenvalue weighted by molar-refractivity contribution is 5.77. The van der Waals surface area contributed by atoms with E-state index in [4.69, 9.17) is 10.5 Å². The Kier molecular flexibility index (Phi) is 5.29. The van der Waals surface area contributed by atoms with Crippen molar-refractivity contribution in [1.82, 2.24) is 9.88 Å². The molecule has 1 heterocycles. The van der Waals surface area contributed by atoms with E-state index in [1.165, 1.54) is 0 Å². The van der Waals surface area contributed by atoms with Crippen molar-refractivity contribution < 1.29 is 9.53 Å². The summed E-state index contributed by atoms with van der Waals surface area (Å²) in [5, 5.41) is 0. The van der Waals surface area contributed by atoms with Crippen molar-refractivity contribution in [1.29, 1.82) is 0 Å². The molecule has 0 unspecified atom stereocenters. The van der Waals surface area contributed by atoms with Crippen molar-refractivity contribution in [3.8, 4) is 5.75 Å². The molecule has 2 aromatic rings. The molecular formula is C16H19N3O2. The van der Waals surface area contributed by atoms with Gasteiger partial charge in [-0.15, -0.1) is 0 Å². The van der Waals surface area contributed by atoms with Gasteiger partial charge in [-0.2, -0.15) is 0 Å². The number of hydrogen-bond donors (Lipinski definition) is 1. The number of carbonyl (C=O) groups excluding carboxylic acids is 1. The number of amides is 1. The maximum Gasteiger partial charge on any atom is 0.260 e. The Hall–Kier alpha value is -2.40. The predicted molar refractivity (Wildman–Crippen MR) is 80.5 cm³/mol. The van der Waals surface area contributed by atoms with Crippen LogP contribution < -0.4 is 10.5 Å². The van der Waals surface area contributed by atoms with E-state index >= 15 is 0 Å². The number of hydrogen-bond acceptors (Lipinski definition) is 4. The van der Waals surface area contributed by atoms with Crippen LogP contribution in [0.1, 0.15) is 11.3 Å². The van der Waals surface area contributed by atoms with Crippen LogP contribution in [-0.4, -0.2) is 29.4 Å². The lowest BCUT2D eigenvalue weighted by Crippen LogP contribution is -2.31. The molecule has 0 bridgehead atoms. The maximum atomic E-state index is 12.0. The van der Waals surface area contributed by atoms with Crippen LogP contribution in [0.25, 0.3) is 0 Å². The molecule has 0 fully saturated rings. The van der Waals surface area contributed by atoms with E-state index in [-0.39, 0.29) is 12.5 Å². The van der Waals surface area contributed by atoms with Crippen molar-refractivity contribution >= 4 is 5.91 Å². The third kappa shape index (κ3) is 4.57. The summed E-state index contributed by atoms with van der Waals surface area (Å²) in [5.74, 6) is 0.565. The highest BCUT2D eigenvalue weighted by Crippen LogP contribution is 2.12. The minimum absolute atomic E-state index is 0.00526. The minimum Gasteiger partial charge on any atom is -0.484 e. The molecular weight excluding hydrogens is 266 g/mol. The quantitative estimate of drug-likeness (QED) is 0.875. The third-order valence-corrected chi connectivity index (χ3v) is 3.07. The number of ether oxygens (including phenoxy) is 1. The number of nitrogens with zero attached hydrogens (tertiary/aromatic N) is 2. The zero-order valence-electron chi connectivity index (χ0n) is 12.0. The molecule has 21 heavy (non-hydrogen) atoms. The fourth-order valence-corrected chi connectivity index (χ4v) is 1.80. The summed E-state index contributed by atoms with van der Waals surface area (Å²) in [7, 11) is 1.73. The Balaban J connectivity index is 1.83. The number of rotatable bonds is 6. The van der Waals surface area contributed by atoms with E-state index < -0.39 is 0 Å². The molecule has 0 aliphatic rings. The number of pyridine rings is 1. The second-order valence-electron chi connectivity index (χ2n) is 4.71. The average molecular weight is 285 g/mol. The van der Waals surface area contributed by atoms with Crippen LogP contribution in [0.4, 0.5) is 0 Å². The predicted octanol–water partition coefficient (Wildman–Crippen LogP) is 1.58. The van der Waals surface area contributed by atoms with Crippen LogP contribution in [0, 0.1) is 0 Å². The third-order valence-electron chi connectivity index (χ3n) is 3.07. The highest BCUT2D eigenvalue weighted by Gasteiger charge is 2.10. The lowest BCUT2D eigenvalue weighted by molar-refractivity contribution is -0.132. The Morgan fingerprint density at radius 3 is 2.62 bits per heavy atom. The summed E-state index contributed by atoms with van der Waals surface area (Å²) >= 11 is 0. The average Bonchev–Trinajstić information content (AvgIpc) is 2.54. The van der Waals surface area contributed by atoms with Gasteiger partial charge in [0.25, 0.3) is 5.91 Å². The van der Waals surface area contributed by atoms with Gasteiger partial charge in [-0.3, -0.25) is 9.78 Å². The smallest absolute Gasteiger partial charge is 0.260 e. The van der Waals surface area contributed by atoms with E-state index in [1.807, 2.05) is 42.5 Å². The first-order valence-corrected chi connectivity index (χ1v) is 6.74. The first kappa shape index (κ1) is 15.0. The van der Waals surface area contributed by atoms with Gasteiger partial charge in [0.15, 0.2) is 6.61 Å². The Bertz CT molecular complexity index is 570. The fourth-order valence-electron chi connectivity index (χ4n) is 1.80. The SMILES string of the molecule is CN(Cc1ccccn1)C(=O)COc1ccc(CN)cc1. The van der Waals surface area contributed by atoms with Crippen molar-refractivity contribution in [3.63, 3.8) is 0 Å². The van der Waals surface area contributed by atoms with Crippen LogP contribution in [0.15, 0.2) is 48.7 Å². The number of benzene rings is 1. The fraction of sp³-hybridized carbons (Fsp3) is 0.250. The minimum atomic E-state index is -0.0939. The molecule has 2 N–H and O–H groups in total. The Morgan fingerprint density at radius 1 is 1.24 bits per heavy atom. The molecule has 0 saturated heterocycles. The normalized spacial score (nSPS) is 10.2. The molecule has 1 aromatic carbocycles. The van der Waals surface area contributed by atoms with Crippen LogP contribution in [-0.2, 0) is 17.9 Å². The molecule has 0 aliphatic carbocycles. The summed E-state index contributed by atoms with van der Waals surface area (Å²) < 4.78 is 5.47. The summed E-state index contributed by atoms with van der Waals surface area (Å²) in [6.45, 7) is 0.965. The molecule has 1 amide bonds. The molecule has 5 heteroatoms. The molecule has 0 radical (unpaired) electrons. The van der Waals surface area contributed by atoms with Gasteiger partial charge < -0.3 is 15.4 Å². The number of aromatic nitrogens is 1. The molecule has 110 valence electrons. The molecule has 0 aliphatic heterocycles. The summed E-state index contributed by atoms with van der Waals surface area (Å²) in [6, 6.07) is 13.0. The number of likely N-dealkylation sites (N-methyl/N-ethyl adjacent to an activating group) is 1. The monoisotopic (exact) mass is 285 g/mol. The van der Waals surface area contributed by atoms with Crippen LogP contribution in [0.2, 0.25) is 0 Å². The van der Waals surface area contributed by atoms with E-state index in [2.05, 4.69) is 4.98 Å². The standard InChI is InChI=1S/C16H19N3O2/c1-19(11-14-4-2-3-9-18-14)16(20)12-21-15-7-5-13(10-17)6-8-15/h2-9H,10-12,17H2,1H3. The van der Waals surface area contributed by atoms with Crippen LogP contribution in [0.5, 0.6) is 5.75 Å². The first-order chi connectivity index (χ1) is 10.2. The summed E-state index contributed by atoms with van der Waals surface area (Å²) in [5.41, 5.74) is 7.40. The molecule has 1 aromatic heterocycles. The summed E-state index contributed by atoms with van der Waals surface area (Å²) in [4.78, 5) is 17.8. The zero-order chi connectivity index (χ0) is 15.1. The number of nitrogens with two attached hydrogens (primary N) is 1. The van der Waals surface area contributed by atoms with E-state index in [0.29, 0.717) is 18.8 Å². The molecule has 2 rings (SSSR count). The van der Waals surface area contributed by atoms with Gasteiger partial charge in [0.1, 0.15) is 5.75 Å². The topological polar surface area (TPSA) is 68.5 Å². The van der Waals surface area contributed by atoms with Crippen molar-refractivity contribution in [3.05, 3.63) is 59.9 Å². The molecule has 0 atom stereocenters. The van der Waals surface area contributed by atoms with Gasteiger partial charge in [0, 0.05) is 19.8 Å². The van der Waals surface area contributed by atoms with Crippen molar-refractivity contribution in [2.75, 3.05) is 13.7 Å². The van der Waals surface area contributed by atoms with Gasteiger partial charge >= 0.3 is 0 Å².